The molecule has 0 fully saturated rings. The van der Waals surface area contributed by atoms with Crippen molar-refractivity contribution in [2.45, 2.75) is 117 Å². The second-order valence-corrected chi connectivity index (χ2v) is 7.89. The Hall–Kier alpha value is -1.16. The predicted molar refractivity (Wildman–Crippen MR) is 116 cm³/mol. The van der Waals surface area contributed by atoms with E-state index in [1.165, 1.54) is 26.2 Å². The van der Waals surface area contributed by atoms with Crippen LogP contribution in [0.1, 0.15) is 111 Å². The summed E-state index contributed by atoms with van der Waals surface area (Å²) in [7, 11) is 0. The van der Waals surface area contributed by atoms with Crippen LogP contribution in [0.15, 0.2) is 12.2 Å². The molecule has 0 aliphatic heterocycles. The van der Waals surface area contributed by atoms with Crippen molar-refractivity contribution in [2.75, 3.05) is 6.61 Å². The summed E-state index contributed by atoms with van der Waals surface area (Å²) in [6.45, 7) is 6.14. The molecule has 164 valence electrons. The number of carbonyl (C=O) groups is 2. The van der Waals surface area contributed by atoms with E-state index < -0.39 is 5.92 Å². The van der Waals surface area contributed by atoms with Gasteiger partial charge in [0.2, 0.25) is 0 Å². The second kappa shape index (κ2) is 19.2. The van der Waals surface area contributed by atoms with Gasteiger partial charge < -0.3 is 9.84 Å². The van der Waals surface area contributed by atoms with Gasteiger partial charge in [-0.15, -0.1) is 0 Å². The summed E-state index contributed by atoms with van der Waals surface area (Å²) >= 11 is 0. The molecule has 0 aromatic rings. The molecule has 0 radical (unpaired) electrons. The molecule has 0 heterocycles. The molecule has 0 aliphatic rings. The Kier molecular flexibility index (Phi) is 18.4. The average molecular weight is 397 g/mol. The molecule has 0 aromatic heterocycles. The van der Waals surface area contributed by atoms with Gasteiger partial charge in [-0.2, -0.15) is 0 Å². The number of carbonyl (C=O) groups excluding carboxylic acids is 2. The number of hydrogen-bond acceptors (Lipinski definition) is 4. The van der Waals surface area contributed by atoms with Gasteiger partial charge in [0.1, 0.15) is 11.7 Å². The zero-order valence-corrected chi connectivity index (χ0v) is 18.6. The van der Waals surface area contributed by atoms with Crippen LogP contribution in [0.25, 0.3) is 0 Å². The summed E-state index contributed by atoms with van der Waals surface area (Å²) in [4.78, 5) is 23.7. The molecule has 0 saturated carbocycles. The lowest BCUT2D eigenvalue weighted by molar-refractivity contribution is -0.152. The van der Waals surface area contributed by atoms with Gasteiger partial charge in [0, 0.05) is 0 Å². The lowest BCUT2D eigenvalue weighted by Crippen LogP contribution is -2.24. The third-order valence-electron chi connectivity index (χ3n) is 5.10. The summed E-state index contributed by atoms with van der Waals surface area (Å²) in [5.41, 5.74) is 0. The van der Waals surface area contributed by atoms with Gasteiger partial charge in [-0.1, -0.05) is 77.4 Å². The minimum atomic E-state index is -0.587. The van der Waals surface area contributed by atoms with E-state index >= 15 is 0 Å². The Morgan fingerprint density at radius 1 is 0.857 bits per heavy atom. The fourth-order valence-corrected chi connectivity index (χ4v) is 3.16. The molecule has 0 bridgehead atoms. The molecule has 2 atom stereocenters. The zero-order valence-electron chi connectivity index (χ0n) is 18.6. The second-order valence-electron chi connectivity index (χ2n) is 7.89. The van der Waals surface area contributed by atoms with Gasteiger partial charge in [-0.3, -0.25) is 9.59 Å². The number of esters is 1. The summed E-state index contributed by atoms with van der Waals surface area (Å²) in [5, 5.41) is 9.91. The van der Waals surface area contributed by atoms with Crippen LogP contribution in [0.2, 0.25) is 0 Å². The maximum Gasteiger partial charge on any atom is 0.316 e. The van der Waals surface area contributed by atoms with Crippen LogP contribution < -0.4 is 0 Å². The van der Waals surface area contributed by atoms with E-state index in [0.717, 1.165) is 64.2 Å². The van der Waals surface area contributed by atoms with Crippen LogP contribution in [0.4, 0.5) is 0 Å². The van der Waals surface area contributed by atoms with Crippen molar-refractivity contribution in [2.24, 2.45) is 5.92 Å². The third-order valence-corrected chi connectivity index (χ3v) is 5.10. The quantitative estimate of drug-likeness (QED) is 0.123. The Labute approximate surface area is 173 Å². The highest BCUT2D eigenvalue weighted by Crippen LogP contribution is 2.15. The molecule has 0 spiro atoms. The van der Waals surface area contributed by atoms with Crippen molar-refractivity contribution >= 4 is 11.8 Å². The first-order valence-corrected chi connectivity index (χ1v) is 11.5. The molecular formula is C24H44O4. The van der Waals surface area contributed by atoms with E-state index in [1.54, 1.807) is 0 Å². The zero-order chi connectivity index (χ0) is 21.0. The van der Waals surface area contributed by atoms with Crippen LogP contribution in [-0.4, -0.2) is 29.6 Å². The molecule has 4 nitrogen and oxygen atoms in total. The first kappa shape index (κ1) is 26.8. The van der Waals surface area contributed by atoms with Crippen molar-refractivity contribution in [3.05, 3.63) is 12.2 Å². The highest BCUT2D eigenvalue weighted by atomic mass is 16.5. The number of aliphatic hydroxyl groups is 1. The van der Waals surface area contributed by atoms with Crippen LogP contribution in [0.5, 0.6) is 0 Å². The SMILES string of the molecule is CCCCCC[C@@H](O)CC=CCCCCCCC(C(C)=O)C(=O)OCCCC. The van der Waals surface area contributed by atoms with Crippen LogP contribution in [-0.2, 0) is 14.3 Å². The summed E-state index contributed by atoms with van der Waals surface area (Å²) in [6.07, 6.45) is 18.1. The van der Waals surface area contributed by atoms with Crippen molar-refractivity contribution in [3.8, 4) is 0 Å². The van der Waals surface area contributed by atoms with Gasteiger partial charge in [0.15, 0.2) is 0 Å². The van der Waals surface area contributed by atoms with E-state index in [4.69, 9.17) is 4.74 Å². The van der Waals surface area contributed by atoms with E-state index in [-0.39, 0.29) is 17.9 Å². The fourth-order valence-electron chi connectivity index (χ4n) is 3.16. The number of Topliss-reactive ketones (excluding diaryl/α,β-unsaturated/α-hetero) is 1. The molecule has 0 aliphatic carbocycles. The van der Waals surface area contributed by atoms with Crippen molar-refractivity contribution < 1.29 is 19.4 Å². The van der Waals surface area contributed by atoms with Gasteiger partial charge in [0.05, 0.1) is 12.7 Å². The Morgan fingerprint density at radius 2 is 1.50 bits per heavy atom. The molecule has 4 heteroatoms. The Balaban J connectivity index is 3.72. The topological polar surface area (TPSA) is 63.6 Å². The highest BCUT2D eigenvalue weighted by molar-refractivity contribution is 5.97. The molecular weight excluding hydrogens is 352 g/mol. The monoisotopic (exact) mass is 396 g/mol. The number of unbranched alkanes of at least 4 members (excludes halogenated alkanes) is 8. The maximum atomic E-state index is 12.0. The normalized spacial score (nSPS) is 13.6. The average Bonchev–Trinajstić information content (AvgIpc) is 2.66. The lowest BCUT2D eigenvalue weighted by atomic mass is 9.97. The van der Waals surface area contributed by atoms with Gasteiger partial charge in [-0.05, 0) is 45.4 Å². The Morgan fingerprint density at radius 3 is 2.18 bits per heavy atom. The van der Waals surface area contributed by atoms with Crippen LogP contribution >= 0.6 is 0 Å². The first-order chi connectivity index (χ1) is 13.5. The largest absolute Gasteiger partial charge is 0.465 e. The fraction of sp³-hybridized carbons (Fsp3) is 0.833. The minimum absolute atomic E-state index is 0.0855. The van der Waals surface area contributed by atoms with Crippen molar-refractivity contribution in [1.82, 2.24) is 0 Å². The van der Waals surface area contributed by atoms with Crippen LogP contribution in [0, 0.1) is 5.92 Å². The van der Waals surface area contributed by atoms with Gasteiger partial charge in [-0.25, -0.2) is 0 Å². The number of allylic oxidation sites excluding steroid dienone is 1. The molecule has 0 aromatic carbocycles. The third kappa shape index (κ3) is 15.9. The van der Waals surface area contributed by atoms with Gasteiger partial charge in [0.25, 0.3) is 0 Å². The summed E-state index contributed by atoms with van der Waals surface area (Å²) in [5.74, 6) is -1.02. The standard InChI is InChI=1S/C24H44O4/c1-4-6-8-14-17-22(26)18-15-12-10-9-11-13-16-19-23(21(3)25)24(27)28-20-7-5-2/h12,15,22-23,26H,4-11,13-14,16-20H2,1-3H3/t22-,23?/m1/s1. The number of aliphatic hydroxyl groups excluding tert-OH is 1. The first-order valence-electron chi connectivity index (χ1n) is 11.5. The molecule has 28 heavy (non-hydrogen) atoms. The number of ketones is 1. The minimum Gasteiger partial charge on any atom is -0.465 e. The number of rotatable bonds is 19. The smallest absolute Gasteiger partial charge is 0.316 e. The van der Waals surface area contributed by atoms with E-state index in [9.17, 15) is 14.7 Å². The maximum absolute atomic E-state index is 12.0. The number of hydrogen-bond donors (Lipinski definition) is 1. The molecule has 0 amide bonds. The lowest BCUT2D eigenvalue weighted by Gasteiger charge is -2.13. The molecule has 1 N–H and O–H groups in total. The van der Waals surface area contributed by atoms with E-state index in [0.29, 0.717) is 13.0 Å². The molecule has 0 rings (SSSR count). The Bertz CT molecular complexity index is 417. The van der Waals surface area contributed by atoms with E-state index in [2.05, 4.69) is 19.1 Å². The predicted octanol–water partition coefficient (Wildman–Crippen LogP) is 6.15. The van der Waals surface area contributed by atoms with Crippen molar-refractivity contribution in [1.29, 1.82) is 0 Å². The van der Waals surface area contributed by atoms with E-state index in [1.807, 2.05) is 6.92 Å². The molecule has 1 unspecified atom stereocenters. The number of ether oxygens (including phenoxy) is 1. The van der Waals surface area contributed by atoms with Gasteiger partial charge >= 0.3 is 5.97 Å². The van der Waals surface area contributed by atoms with Crippen molar-refractivity contribution in [3.63, 3.8) is 0 Å². The highest BCUT2D eigenvalue weighted by Gasteiger charge is 2.24. The van der Waals surface area contributed by atoms with Crippen LogP contribution in [0.3, 0.4) is 0 Å². The summed E-state index contributed by atoms with van der Waals surface area (Å²) in [6, 6.07) is 0. The molecule has 0 saturated heterocycles. The summed E-state index contributed by atoms with van der Waals surface area (Å²) < 4.78 is 5.19.